The van der Waals surface area contributed by atoms with Crippen molar-refractivity contribution in [1.82, 2.24) is 20.1 Å². The summed E-state index contributed by atoms with van der Waals surface area (Å²) in [4.78, 5) is 12.1. The quantitative estimate of drug-likeness (QED) is 0.840. The summed E-state index contributed by atoms with van der Waals surface area (Å²) in [5.41, 5.74) is 0.621. The molecule has 1 unspecified atom stereocenters. The van der Waals surface area contributed by atoms with Gasteiger partial charge in [0.15, 0.2) is 0 Å². The largest absolute Gasteiger partial charge is 0.392 e. The minimum atomic E-state index is -0.367. The maximum atomic E-state index is 9.77. The Morgan fingerprint density at radius 2 is 2.35 bits per heavy atom. The smallest absolute Gasteiger partial charge is 0.229 e. The molecule has 0 saturated heterocycles. The van der Waals surface area contributed by atoms with Crippen molar-refractivity contribution in [2.45, 2.75) is 25.4 Å². The number of rotatable bonds is 4. The molecule has 0 radical (unpaired) electrons. The molecule has 0 spiro atoms. The fourth-order valence-corrected chi connectivity index (χ4v) is 1.69. The second-order valence-corrected chi connectivity index (χ2v) is 4.22. The lowest BCUT2D eigenvalue weighted by atomic mass is 10.2. The molecular formula is C11H12N4O2. The first kappa shape index (κ1) is 10.3. The third-order valence-electron chi connectivity index (χ3n) is 2.83. The molecule has 88 valence electrons. The molecule has 0 aromatic carbocycles. The van der Waals surface area contributed by atoms with Gasteiger partial charge in [-0.05, 0) is 24.8 Å². The van der Waals surface area contributed by atoms with Gasteiger partial charge in [-0.15, -0.1) is 0 Å². The number of nitrogens with zero attached hydrogens (tertiary/aromatic N) is 4. The molecule has 1 aliphatic carbocycles. The van der Waals surface area contributed by atoms with E-state index in [2.05, 4.69) is 20.1 Å². The molecule has 0 amide bonds. The molecule has 17 heavy (non-hydrogen) atoms. The van der Waals surface area contributed by atoms with Gasteiger partial charge in [0.2, 0.25) is 11.7 Å². The number of hydrogen-bond donors (Lipinski definition) is 1. The van der Waals surface area contributed by atoms with E-state index in [0.717, 1.165) is 12.8 Å². The highest BCUT2D eigenvalue weighted by Gasteiger charge is 2.31. The second-order valence-electron chi connectivity index (χ2n) is 4.22. The van der Waals surface area contributed by atoms with E-state index in [0.29, 0.717) is 29.7 Å². The van der Waals surface area contributed by atoms with Crippen molar-refractivity contribution < 1.29 is 9.63 Å². The first-order chi connectivity index (χ1) is 8.33. The van der Waals surface area contributed by atoms with E-state index in [4.69, 9.17) is 4.52 Å². The summed E-state index contributed by atoms with van der Waals surface area (Å²) in [7, 11) is 0. The van der Waals surface area contributed by atoms with Gasteiger partial charge in [0.25, 0.3) is 0 Å². The standard InChI is InChI=1S/C11H12N4O2/c16-9(7-1-2-7)5-10-14-11(15-17-10)8-3-4-12-6-13-8/h3-4,6-7,9,16H,1-2,5H2. The summed E-state index contributed by atoms with van der Waals surface area (Å²) in [6.07, 6.45) is 5.29. The molecule has 2 aromatic heterocycles. The fraction of sp³-hybridized carbons (Fsp3) is 0.455. The Hall–Kier alpha value is -1.82. The van der Waals surface area contributed by atoms with Gasteiger partial charge in [-0.3, -0.25) is 0 Å². The van der Waals surface area contributed by atoms with Crippen LogP contribution in [0.4, 0.5) is 0 Å². The van der Waals surface area contributed by atoms with E-state index >= 15 is 0 Å². The summed E-state index contributed by atoms with van der Waals surface area (Å²) < 4.78 is 5.09. The second kappa shape index (κ2) is 4.21. The molecule has 6 heteroatoms. The van der Waals surface area contributed by atoms with Crippen LogP contribution in [0.2, 0.25) is 0 Å². The average molecular weight is 232 g/mol. The van der Waals surface area contributed by atoms with Crippen LogP contribution < -0.4 is 0 Å². The maximum absolute atomic E-state index is 9.77. The molecule has 1 atom stereocenters. The van der Waals surface area contributed by atoms with Crippen LogP contribution >= 0.6 is 0 Å². The molecule has 0 bridgehead atoms. The van der Waals surface area contributed by atoms with Gasteiger partial charge < -0.3 is 9.63 Å². The van der Waals surface area contributed by atoms with Crippen molar-refractivity contribution >= 4 is 0 Å². The minimum absolute atomic E-state index is 0.367. The van der Waals surface area contributed by atoms with Crippen LogP contribution in [-0.2, 0) is 6.42 Å². The van der Waals surface area contributed by atoms with E-state index in [1.165, 1.54) is 6.33 Å². The molecule has 2 aromatic rings. The fourth-order valence-electron chi connectivity index (χ4n) is 1.69. The number of aromatic nitrogens is 4. The zero-order valence-corrected chi connectivity index (χ0v) is 9.15. The highest BCUT2D eigenvalue weighted by molar-refractivity contribution is 5.46. The predicted molar refractivity (Wildman–Crippen MR) is 57.8 cm³/mol. The molecule has 2 heterocycles. The van der Waals surface area contributed by atoms with Crippen molar-refractivity contribution in [3.8, 4) is 11.5 Å². The van der Waals surface area contributed by atoms with E-state index in [-0.39, 0.29) is 6.10 Å². The van der Waals surface area contributed by atoms with Crippen LogP contribution in [0.15, 0.2) is 23.1 Å². The van der Waals surface area contributed by atoms with Crippen LogP contribution in [0.5, 0.6) is 0 Å². The Bertz CT molecular complexity index is 495. The van der Waals surface area contributed by atoms with Crippen molar-refractivity contribution in [1.29, 1.82) is 0 Å². The van der Waals surface area contributed by atoms with Gasteiger partial charge in [-0.1, -0.05) is 5.16 Å². The Labute approximate surface area is 97.7 Å². The average Bonchev–Trinajstić information content (AvgIpc) is 3.12. The highest BCUT2D eigenvalue weighted by atomic mass is 16.5. The molecule has 0 aliphatic heterocycles. The van der Waals surface area contributed by atoms with Gasteiger partial charge in [-0.25, -0.2) is 9.97 Å². The third kappa shape index (κ3) is 2.31. The van der Waals surface area contributed by atoms with Gasteiger partial charge in [0.1, 0.15) is 12.0 Å². The SMILES string of the molecule is OC(Cc1nc(-c2ccncn2)no1)C1CC1. The molecule has 1 N–H and O–H groups in total. The zero-order valence-electron chi connectivity index (χ0n) is 9.15. The van der Waals surface area contributed by atoms with Crippen LogP contribution in [0.1, 0.15) is 18.7 Å². The summed E-state index contributed by atoms with van der Waals surface area (Å²) in [6.45, 7) is 0. The molecular weight excluding hydrogens is 220 g/mol. The topological polar surface area (TPSA) is 84.9 Å². The third-order valence-corrected chi connectivity index (χ3v) is 2.83. The number of aliphatic hydroxyl groups is 1. The Morgan fingerprint density at radius 1 is 1.47 bits per heavy atom. The zero-order chi connectivity index (χ0) is 11.7. The normalized spacial score (nSPS) is 17.0. The van der Waals surface area contributed by atoms with E-state index in [1.54, 1.807) is 12.3 Å². The Balaban J connectivity index is 1.74. The van der Waals surface area contributed by atoms with Gasteiger partial charge in [-0.2, -0.15) is 4.98 Å². The minimum Gasteiger partial charge on any atom is -0.392 e. The van der Waals surface area contributed by atoms with Crippen molar-refractivity contribution in [3.63, 3.8) is 0 Å². The van der Waals surface area contributed by atoms with E-state index in [9.17, 15) is 5.11 Å². The van der Waals surface area contributed by atoms with Crippen LogP contribution in [0, 0.1) is 5.92 Å². The van der Waals surface area contributed by atoms with Crippen molar-refractivity contribution in [2.24, 2.45) is 5.92 Å². The molecule has 1 fully saturated rings. The Kier molecular flexibility index (Phi) is 2.56. The summed E-state index contributed by atoms with van der Waals surface area (Å²) in [5, 5.41) is 13.6. The maximum Gasteiger partial charge on any atom is 0.229 e. The number of hydrogen-bond acceptors (Lipinski definition) is 6. The Morgan fingerprint density at radius 3 is 3.06 bits per heavy atom. The number of aliphatic hydroxyl groups excluding tert-OH is 1. The molecule has 3 rings (SSSR count). The first-order valence-electron chi connectivity index (χ1n) is 5.60. The highest BCUT2D eigenvalue weighted by Crippen LogP contribution is 2.33. The summed E-state index contributed by atoms with van der Waals surface area (Å²) >= 11 is 0. The first-order valence-corrected chi connectivity index (χ1v) is 5.60. The predicted octanol–water partition coefficient (Wildman–Crippen LogP) is 0.840. The lowest BCUT2D eigenvalue weighted by molar-refractivity contribution is 0.140. The molecule has 1 aliphatic rings. The van der Waals surface area contributed by atoms with Crippen LogP contribution in [-0.4, -0.2) is 31.3 Å². The van der Waals surface area contributed by atoms with Crippen molar-refractivity contribution in [3.05, 3.63) is 24.5 Å². The monoisotopic (exact) mass is 232 g/mol. The summed E-state index contributed by atoms with van der Waals surface area (Å²) in [5.74, 6) is 1.30. The van der Waals surface area contributed by atoms with E-state index < -0.39 is 0 Å². The van der Waals surface area contributed by atoms with Gasteiger partial charge in [0, 0.05) is 6.20 Å². The van der Waals surface area contributed by atoms with Crippen molar-refractivity contribution in [2.75, 3.05) is 0 Å². The van der Waals surface area contributed by atoms with E-state index in [1.807, 2.05) is 0 Å². The lowest BCUT2D eigenvalue weighted by Crippen LogP contribution is -2.12. The van der Waals surface area contributed by atoms with Gasteiger partial charge in [0.05, 0.1) is 12.5 Å². The summed E-state index contributed by atoms with van der Waals surface area (Å²) in [6, 6.07) is 1.71. The molecule has 1 saturated carbocycles. The van der Waals surface area contributed by atoms with Crippen LogP contribution in [0.3, 0.4) is 0 Å². The van der Waals surface area contributed by atoms with Gasteiger partial charge >= 0.3 is 0 Å². The van der Waals surface area contributed by atoms with Crippen LogP contribution in [0.25, 0.3) is 11.5 Å². The lowest BCUT2D eigenvalue weighted by Gasteiger charge is -2.03. The molecule has 6 nitrogen and oxygen atoms in total.